The van der Waals surface area contributed by atoms with Gasteiger partial charge in [-0.15, -0.1) is 0 Å². The average Bonchev–Trinajstić information content (AvgIpc) is 2.83. The minimum Gasteiger partial charge on any atom is -0.497 e. The van der Waals surface area contributed by atoms with Crippen LogP contribution in [0.5, 0.6) is 5.75 Å². The number of benzene rings is 1. The van der Waals surface area contributed by atoms with Crippen molar-refractivity contribution in [1.82, 2.24) is 5.32 Å². The highest BCUT2D eigenvalue weighted by Gasteiger charge is 2.29. The molecule has 1 saturated heterocycles. The van der Waals surface area contributed by atoms with E-state index in [4.69, 9.17) is 4.74 Å². The number of sulfone groups is 1. The molecule has 1 aromatic rings. The van der Waals surface area contributed by atoms with Crippen LogP contribution in [0.15, 0.2) is 18.2 Å². The zero-order valence-electron chi connectivity index (χ0n) is 11.8. The van der Waals surface area contributed by atoms with Gasteiger partial charge in [0.1, 0.15) is 15.6 Å². The van der Waals surface area contributed by atoms with Crippen molar-refractivity contribution >= 4 is 9.84 Å². The number of nitrogens with one attached hydrogen (secondary N) is 1. The van der Waals surface area contributed by atoms with Gasteiger partial charge in [0.2, 0.25) is 0 Å². The van der Waals surface area contributed by atoms with E-state index in [1.807, 2.05) is 6.07 Å². The summed E-state index contributed by atoms with van der Waals surface area (Å²) in [5, 5.41) is 3.64. The van der Waals surface area contributed by atoms with Crippen LogP contribution in [0.1, 0.15) is 36.4 Å². The Morgan fingerprint density at radius 1 is 1.20 bits per heavy atom. The second kappa shape index (κ2) is 5.37. The smallest absolute Gasteiger partial charge is 0.150 e. The molecule has 1 N–H and O–H groups in total. The highest BCUT2D eigenvalue weighted by molar-refractivity contribution is 7.91. The molecule has 1 fully saturated rings. The Balaban J connectivity index is 1.69. The van der Waals surface area contributed by atoms with Crippen LogP contribution in [0, 0.1) is 0 Å². The van der Waals surface area contributed by atoms with Gasteiger partial charge < -0.3 is 10.1 Å². The zero-order valence-corrected chi connectivity index (χ0v) is 12.6. The molecule has 20 heavy (non-hydrogen) atoms. The normalized spacial score (nSPS) is 25.4. The Morgan fingerprint density at radius 2 is 1.95 bits per heavy atom. The number of methoxy groups -OCH3 is 1. The van der Waals surface area contributed by atoms with E-state index in [1.54, 1.807) is 7.11 Å². The molecule has 0 saturated carbocycles. The van der Waals surface area contributed by atoms with Crippen molar-refractivity contribution in [1.29, 1.82) is 0 Å². The van der Waals surface area contributed by atoms with Crippen LogP contribution in [-0.2, 0) is 16.3 Å². The van der Waals surface area contributed by atoms with Crippen LogP contribution in [0.3, 0.4) is 0 Å². The monoisotopic (exact) mass is 295 g/mol. The van der Waals surface area contributed by atoms with E-state index in [0.717, 1.165) is 31.4 Å². The van der Waals surface area contributed by atoms with Gasteiger partial charge in [-0.25, -0.2) is 8.42 Å². The van der Waals surface area contributed by atoms with Crippen LogP contribution in [0.25, 0.3) is 0 Å². The van der Waals surface area contributed by atoms with E-state index < -0.39 is 9.84 Å². The summed E-state index contributed by atoms with van der Waals surface area (Å²) < 4.78 is 28.2. The molecule has 1 aliphatic heterocycles. The molecule has 5 heteroatoms. The lowest BCUT2D eigenvalue weighted by atomic mass is 10.0. The van der Waals surface area contributed by atoms with Gasteiger partial charge >= 0.3 is 0 Å². The van der Waals surface area contributed by atoms with Gasteiger partial charge in [0, 0.05) is 12.1 Å². The maximum absolute atomic E-state index is 11.5. The van der Waals surface area contributed by atoms with Crippen molar-refractivity contribution in [2.75, 3.05) is 18.6 Å². The minimum atomic E-state index is -2.78. The maximum atomic E-state index is 11.5. The van der Waals surface area contributed by atoms with E-state index in [2.05, 4.69) is 17.4 Å². The number of ether oxygens (including phenoxy) is 1. The summed E-state index contributed by atoms with van der Waals surface area (Å²) in [6.07, 6.45) is 3.64. The number of fused-ring (bicyclic) bond motifs is 1. The van der Waals surface area contributed by atoms with Crippen LogP contribution >= 0.6 is 0 Å². The molecule has 0 spiro atoms. The molecule has 1 aliphatic carbocycles. The van der Waals surface area contributed by atoms with Crippen LogP contribution in [0.4, 0.5) is 0 Å². The fourth-order valence-corrected chi connectivity index (χ4v) is 4.71. The lowest BCUT2D eigenvalue weighted by Crippen LogP contribution is -2.39. The number of rotatable bonds is 3. The first kappa shape index (κ1) is 13.9. The Hall–Kier alpha value is -1.07. The first-order valence-corrected chi connectivity index (χ1v) is 9.03. The molecular formula is C15H21NO3S. The van der Waals surface area contributed by atoms with Gasteiger partial charge in [-0.1, -0.05) is 6.07 Å². The summed E-state index contributed by atoms with van der Waals surface area (Å²) in [5.74, 6) is 1.54. The lowest BCUT2D eigenvalue weighted by molar-refractivity contribution is 0.398. The topological polar surface area (TPSA) is 55.4 Å². The van der Waals surface area contributed by atoms with Gasteiger partial charge in [-0.05, 0) is 48.9 Å². The molecule has 0 amide bonds. The third kappa shape index (κ3) is 2.83. The molecule has 1 atom stereocenters. The fraction of sp³-hybridized carbons (Fsp3) is 0.600. The number of hydrogen-bond acceptors (Lipinski definition) is 4. The third-order valence-electron chi connectivity index (χ3n) is 4.42. The van der Waals surface area contributed by atoms with Gasteiger partial charge in [-0.2, -0.15) is 0 Å². The molecule has 110 valence electrons. The van der Waals surface area contributed by atoms with Crippen LogP contribution in [0.2, 0.25) is 0 Å². The second-order valence-electron chi connectivity index (χ2n) is 5.75. The van der Waals surface area contributed by atoms with Gasteiger partial charge in [0.15, 0.2) is 0 Å². The Morgan fingerprint density at radius 3 is 2.65 bits per heavy atom. The maximum Gasteiger partial charge on any atom is 0.150 e. The summed E-state index contributed by atoms with van der Waals surface area (Å²) in [6.45, 7) is 0. The van der Waals surface area contributed by atoms with Crippen molar-refractivity contribution in [3.63, 3.8) is 0 Å². The van der Waals surface area contributed by atoms with E-state index in [1.165, 1.54) is 11.1 Å². The van der Waals surface area contributed by atoms with E-state index in [0.29, 0.717) is 23.6 Å². The number of hydrogen-bond donors (Lipinski definition) is 1. The summed E-state index contributed by atoms with van der Waals surface area (Å²) in [4.78, 5) is 0. The molecular weight excluding hydrogens is 274 g/mol. The lowest BCUT2D eigenvalue weighted by Gasteiger charge is -2.27. The van der Waals surface area contributed by atoms with E-state index in [9.17, 15) is 8.42 Å². The quantitative estimate of drug-likeness (QED) is 0.924. The van der Waals surface area contributed by atoms with Crippen molar-refractivity contribution in [3.8, 4) is 5.75 Å². The summed E-state index contributed by atoms with van der Waals surface area (Å²) in [7, 11) is -1.09. The van der Waals surface area contributed by atoms with Crippen molar-refractivity contribution in [2.24, 2.45) is 0 Å². The molecule has 0 aromatic heterocycles. The van der Waals surface area contributed by atoms with Gasteiger partial charge in [-0.3, -0.25) is 0 Å². The number of aryl methyl sites for hydroxylation is 1. The zero-order chi connectivity index (χ0) is 14.2. The fourth-order valence-electron chi connectivity index (χ4n) is 3.22. The van der Waals surface area contributed by atoms with Gasteiger partial charge in [0.25, 0.3) is 0 Å². The molecule has 0 radical (unpaired) electrons. The van der Waals surface area contributed by atoms with E-state index in [-0.39, 0.29) is 0 Å². The van der Waals surface area contributed by atoms with Crippen molar-refractivity contribution < 1.29 is 13.2 Å². The second-order valence-corrected chi connectivity index (χ2v) is 8.05. The molecule has 1 unspecified atom stereocenters. The standard InChI is InChI=1S/C15H21NO3S/c1-19-13-4-2-11-3-5-15(14(11)10-13)16-12-6-8-20(17,18)9-7-12/h2,4,10,12,15-16H,3,5-9H2,1H3. The molecule has 4 nitrogen and oxygen atoms in total. The first-order valence-electron chi connectivity index (χ1n) is 7.21. The Labute approximate surface area is 120 Å². The highest BCUT2D eigenvalue weighted by Crippen LogP contribution is 2.34. The largest absolute Gasteiger partial charge is 0.497 e. The van der Waals surface area contributed by atoms with Crippen molar-refractivity contribution in [2.45, 2.75) is 37.8 Å². The highest BCUT2D eigenvalue weighted by atomic mass is 32.2. The Bertz CT molecular complexity index is 583. The molecule has 2 aliphatic rings. The summed E-state index contributed by atoms with van der Waals surface area (Å²) in [5.41, 5.74) is 2.70. The first-order chi connectivity index (χ1) is 9.57. The Kier molecular flexibility index (Phi) is 3.73. The molecule has 0 bridgehead atoms. The summed E-state index contributed by atoms with van der Waals surface area (Å²) >= 11 is 0. The van der Waals surface area contributed by atoms with Crippen LogP contribution in [-0.4, -0.2) is 33.1 Å². The third-order valence-corrected chi connectivity index (χ3v) is 6.14. The van der Waals surface area contributed by atoms with Crippen LogP contribution < -0.4 is 10.1 Å². The van der Waals surface area contributed by atoms with E-state index >= 15 is 0 Å². The molecule has 3 rings (SSSR count). The minimum absolute atomic E-state index is 0.320. The predicted octanol–water partition coefficient (Wildman–Crippen LogP) is 1.85. The SMILES string of the molecule is COc1ccc2c(c1)C(NC1CCS(=O)(=O)CC1)CC2. The van der Waals surface area contributed by atoms with Gasteiger partial charge in [0.05, 0.1) is 18.6 Å². The predicted molar refractivity (Wildman–Crippen MR) is 78.9 cm³/mol. The molecule has 1 heterocycles. The average molecular weight is 295 g/mol. The molecule has 1 aromatic carbocycles. The van der Waals surface area contributed by atoms with Crippen molar-refractivity contribution in [3.05, 3.63) is 29.3 Å². The summed E-state index contributed by atoms with van der Waals surface area (Å²) in [6, 6.07) is 6.92.